The number of nitrogens with zero attached hydrogens (tertiary/aromatic N) is 4. The van der Waals surface area contributed by atoms with Gasteiger partial charge in [0.2, 0.25) is 0 Å². The molecule has 0 aliphatic heterocycles. The molecule has 2 rings (SSSR count). The van der Waals surface area contributed by atoms with E-state index in [1.165, 1.54) is 0 Å². The summed E-state index contributed by atoms with van der Waals surface area (Å²) in [5.74, 6) is -1.21. The highest BCUT2D eigenvalue weighted by atomic mass is 16.6. The van der Waals surface area contributed by atoms with Crippen LogP contribution in [0.2, 0.25) is 0 Å². The second-order valence-electron chi connectivity index (χ2n) is 3.61. The molecule has 2 aromatic rings. The van der Waals surface area contributed by atoms with Crippen molar-refractivity contribution in [1.29, 1.82) is 0 Å². The number of hydrogen-bond donors (Lipinski definition) is 1. The fraction of sp³-hybridized carbons (Fsp3) is 0.111. The van der Waals surface area contributed by atoms with Crippen molar-refractivity contribution in [1.82, 2.24) is 9.78 Å². The smallest absolute Gasteiger partial charge is 0.325 e. The molecular weight excluding hydrogens is 260 g/mol. The van der Waals surface area contributed by atoms with Gasteiger partial charge in [-0.05, 0) is 0 Å². The average Bonchev–Trinajstić information content (AvgIpc) is 2.70. The number of aromatic nitrogens is 2. The van der Waals surface area contributed by atoms with Crippen molar-refractivity contribution in [3.63, 3.8) is 0 Å². The van der Waals surface area contributed by atoms with E-state index >= 15 is 0 Å². The van der Waals surface area contributed by atoms with E-state index in [1.54, 1.807) is 0 Å². The summed E-state index contributed by atoms with van der Waals surface area (Å²) in [5.41, 5.74) is -0.949. The highest BCUT2D eigenvalue weighted by Gasteiger charge is 2.22. The fourth-order valence-corrected chi connectivity index (χ4v) is 1.65. The van der Waals surface area contributed by atoms with Crippen molar-refractivity contribution in [3.8, 4) is 0 Å². The summed E-state index contributed by atoms with van der Waals surface area (Å²) in [4.78, 5) is 30.6. The highest BCUT2D eigenvalue weighted by molar-refractivity contribution is 5.90. The van der Waals surface area contributed by atoms with Crippen LogP contribution in [0.5, 0.6) is 0 Å². The van der Waals surface area contributed by atoms with Gasteiger partial charge in [-0.25, -0.2) is 0 Å². The maximum absolute atomic E-state index is 10.9. The number of nitro groups is 2. The Balaban J connectivity index is 2.74. The van der Waals surface area contributed by atoms with Crippen LogP contribution in [0.25, 0.3) is 10.9 Å². The third-order valence-corrected chi connectivity index (χ3v) is 2.42. The molecule has 10 nitrogen and oxygen atoms in total. The molecule has 0 bridgehead atoms. The Morgan fingerprint density at radius 1 is 1.32 bits per heavy atom. The van der Waals surface area contributed by atoms with Gasteiger partial charge in [0.1, 0.15) is 6.54 Å². The summed E-state index contributed by atoms with van der Waals surface area (Å²) in [6, 6.07) is 1.87. The average molecular weight is 266 g/mol. The van der Waals surface area contributed by atoms with Gasteiger partial charge < -0.3 is 5.11 Å². The van der Waals surface area contributed by atoms with Crippen LogP contribution >= 0.6 is 0 Å². The summed E-state index contributed by atoms with van der Waals surface area (Å²) >= 11 is 0. The number of carbonyl (C=O) groups is 1. The molecule has 0 amide bonds. The lowest BCUT2D eigenvalue weighted by atomic mass is 10.2. The molecule has 0 saturated carbocycles. The molecule has 1 heterocycles. The zero-order chi connectivity index (χ0) is 14.2. The molecule has 0 aliphatic rings. The molecule has 0 fully saturated rings. The van der Waals surface area contributed by atoms with Crippen molar-refractivity contribution in [2.75, 3.05) is 0 Å². The molecule has 10 heteroatoms. The van der Waals surface area contributed by atoms with Gasteiger partial charge in [0.25, 0.3) is 11.4 Å². The Labute approximate surface area is 104 Å². The van der Waals surface area contributed by atoms with Gasteiger partial charge in [0, 0.05) is 6.07 Å². The number of fused-ring (bicyclic) bond motifs is 1. The van der Waals surface area contributed by atoms with E-state index in [1.807, 2.05) is 0 Å². The number of nitro benzene ring substituents is 2. The Morgan fingerprint density at radius 3 is 2.53 bits per heavy atom. The lowest BCUT2D eigenvalue weighted by Gasteiger charge is -2.00. The molecule has 0 radical (unpaired) electrons. The van der Waals surface area contributed by atoms with Crippen molar-refractivity contribution < 1.29 is 19.7 Å². The Bertz CT molecular complexity index is 706. The lowest BCUT2D eigenvalue weighted by Crippen LogP contribution is -2.09. The zero-order valence-electron chi connectivity index (χ0n) is 9.22. The van der Waals surface area contributed by atoms with Gasteiger partial charge in [-0.15, -0.1) is 0 Å². The van der Waals surface area contributed by atoms with E-state index < -0.39 is 33.7 Å². The Hall–Kier alpha value is -3.04. The van der Waals surface area contributed by atoms with E-state index in [-0.39, 0.29) is 10.9 Å². The topological polar surface area (TPSA) is 141 Å². The lowest BCUT2D eigenvalue weighted by molar-refractivity contribution is -0.393. The number of benzene rings is 1. The van der Waals surface area contributed by atoms with Crippen molar-refractivity contribution in [2.45, 2.75) is 6.54 Å². The van der Waals surface area contributed by atoms with Crippen molar-refractivity contribution in [3.05, 3.63) is 38.6 Å². The monoisotopic (exact) mass is 266 g/mol. The molecule has 1 aromatic carbocycles. The molecule has 1 N–H and O–H groups in total. The number of carboxylic acids is 1. The van der Waals surface area contributed by atoms with Crippen LogP contribution in [-0.2, 0) is 11.3 Å². The van der Waals surface area contributed by atoms with Crippen molar-refractivity contribution >= 4 is 28.2 Å². The summed E-state index contributed by atoms with van der Waals surface area (Å²) in [7, 11) is 0. The first-order chi connectivity index (χ1) is 8.90. The van der Waals surface area contributed by atoms with Crippen LogP contribution in [0.1, 0.15) is 0 Å². The summed E-state index contributed by atoms with van der Waals surface area (Å²) in [5, 5.41) is 34.0. The van der Waals surface area contributed by atoms with Crippen LogP contribution in [0.4, 0.5) is 11.4 Å². The van der Waals surface area contributed by atoms with E-state index in [0.717, 1.165) is 23.0 Å². The number of rotatable bonds is 4. The first kappa shape index (κ1) is 12.4. The van der Waals surface area contributed by atoms with Crippen LogP contribution in [0.15, 0.2) is 18.3 Å². The predicted molar refractivity (Wildman–Crippen MR) is 60.7 cm³/mol. The Kier molecular flexibility index (Phi) is 2.83. The molecule has 1 aromatic heterocycles. The number of aliphatic carboxylic acids is 1. The van der Waals surface area contributed by atoms with E-state index in [9.17, 15) is 25.0 Å². The molecule has 0 saturated heterocycles. The van der Waals surface area contributed by atoms with E-state index in [4.69, 9.17) is 5.11 Å². The largest absolute Gasteiger partial charge is 0.480 e. The predicted octanol–water partition coefficient (Wildman–Crippen LogP) is 0.937. The third kappa shape index (κ3) is 2.18. The van der Waals surface area contributed by atoms with Crippen LogP contribution in [0, 0.1) is 20.2 Å². The van der Waals surface area contributed by atoms with Crippen LogP contribution < -0.4 is 0 Å². The maximum atomic E-state index is 10.9. The van der Waals surface area contributed by atoms with E-state index in [0.29, 0.717) is 0 Å². The van der Waals surface area contributed by atoms with E-state index in [2.05, 4.69) is 5.10 Å². The molecule has 0 unspecified atom stereocenters. The maximum Gasteiger partial charge on any atom is 0.325 e. The Morgan fingerprint density at radius 2 is 2.00 bits per heavy atom. The van der Waals surface area contributed by atoms with Gasteiger partial charge in [0.05, 0.1) is 33.0 Å². The standard InChI is InChI=1S/C9H6N4O6/c14-9(15)4-11-7-1-5(12(16)17)2-8(13(18)19)6(7)3-10-11/h1-3H,4H2,(H,14,15). The third-order valence-electron chi connectivity index (χ3n) is 2.42. The number of hydrogen-bond acceptors (Lipinski definition) is 6. The van der Waals surface area contributed by atoms with Crippen molar-refractivity contribution in [2.24, 2.45) is 0 Å². The molecular formula is C9H6N4O6. The van der Waals surface area contributed by atoms with Gasteiger partial charge in [-0.2, -0.15) is 5.10 Å². The summed E-state index contributed by atoms with van der Waals surface area (Å²) < 4.78 is 0.956. The second-order valence-corrected chi connectivity index (χ2v) is 3.61. The summed E-state index contributed by atoms with van der Waals surface area (Å²) in [6.07, 6.45) is 1.11. The summed E-state index contributed by atoms with van der Waals surface area (Å²) in [6.45, 7) is -0.540. The highest BCUT2D eigenvalue weighted by Crippen LogP contribution is 2.30. The van der Waals surface area contributed by atoms with Crippen LogP contribution in [-0.4, -0.2) is 30.7 Å². The van der Waals surface area contributed by atoms with Gasteiger partial charge in [-0.3, -0.25) is 29.7 Å². The number of non-ortho nitro benzene ring substituents is 2. The van der Waals surface area contributed by atoms with Gasteiger partial charge in [0.15, 0.2) is 0 Å². The SMILES string of the molecule is O=C(O)Cn1ncc2c([N+](=O)[O-])cc([N+](=O)[O-])cc21. The minimum Gasteiger partial charge on any atom is -0.480 e. The first-order valence-electron chi connectivity index (χ1n) is 4.90. The minimum absolute atomic E-state index is 0.0308. The number of carboxylic acid groups (broad SMARTS) is 1. The van der Waals surface area contributed by atoms with Gasteiger partial charge >= 0.3 is 5.97 Å². The normalized spacial score (nSPS) is 10.5. The fourth-order valence-electron chi connectivity index (χ4n) is 1.65. The first-order valence-corrected chi connectivity index (χ1v) is 4.90. The minimum atomic E-state index is -1.21. The molecule has 0 spiro atoms. The zero-order valence-corrected chi connectivity index (χ0v) is 9.22. The van der Waals surface area contributed by atoms with Crippen LogP contribution in [0.3, 0.4) is 0 Å². The quantitative estimate of drug-likeness (QED) is 0.640. The second kappa shape index (κ2) is 4.33. The molecule has 19 heavy (non-hydrogen) atoms. The molecule has 0 atom stereocenters. The molecule has 0 aliphatic carbocycles. The van der Waals surface area contributed by atoms with Gasteiger partial charge in [-0.1, -0.05) is 0 Å². The molecule has 98 valence electrons.